The summed E-state index contributed by atoms with van der Waals surface area (Å²) in [6, 6.07) is 8.57. The molecule has 1 aromatic rings. The number of nitrogens with one attached hydrogen (secondary N) is 2. The standard InChI is InChI=1S/C14H20N2O/c1-2-8-16-14(17)10-13-12-6-4-3-5-11(12)7-9-15-13/h3-6,13,15H,2,7-10H2,1H3,(H,16,17). The van der Waals surface area contributed by atoms with Gasteiger partial charge in [0.25, 0.3) is 0 Å². The van der Waals surface area contributed by atoms with Gasteiger partial charge >= 0.3 is 0 Å². The molecular weight excluding hydrogens is 212 g/mol. The monoisotopic (exact) mass is 232 g/mol. The number of carbonyl (C=O) groups is 1. The van der Waals surface area contributed by atoms with Crippen molar-refractivity contribution in [1.82, 2.24) is 10.6 Å². The maximum absolute atomic E-state index is 11.7. The summed E-state index contributed by atoms with van der Waals surface area (Å²) in [7, 11) is 0. The first-order chi connectivity index (χ1) is 8.31. The average Bonchev–Trinajstić information content (AvgIpc) is 2.37. The summed E-state index contributed by atoms with van der Waals surface area (Å²) in [6.45, 7) is 3.80. The van der Waals surface area contributed by atoms with Crippen molar-refractivity contribution in [3.05, 3.63) is 35.4 Å². The normalized spacial score (nSPS) is 18.5. The van der Waals surface area contributed by atoms with E-state index in [1.807, 2.05) is 6.07 Å². The second-order valence-corrected chi connectivity index (χ2v) is 4.51. The molecule has 1 atom stereocenters. The van der Waals surface area contributed by atoms with E-state index < -0.39 is 0 Å². The van der Waals surface area contributed by atoms with Gasteiger partial charge in [0, 0.05) is 19.0 Å². The number of amides is 1. The molecule has 1 heterocycles. The highest BCUT2D eigenvalue weighted by Crippen LogP contribution is 2.24. The third kappa shape index (κ3) is 3.07. The number of hydrogen-bond acceptors (Lipinski definition) is 2. The van der Waals surface area contributed by atoms with Gasteiger partial charge in [-0.15, -0.1) is 0 Å². The second-order valence-electron chi connectivity index (χ2n) is 4.51. The zero-order valence-electron chi connectivity index (χ0n) is 10.3. The number of carbonyl (C=O) groups excluding carboxylic acids is 1. The zero-order valence-corrected chi connectivity index (χ0v) is 10.3. The molecule has 3 nitrogen and oxygen atoms in total. The molecule has 1 amide bonds. The van der Waals surface area contributed by atoms with Crippen molar-refractivity contribution in [2.75, 3.05) is 13.1 Å². The molecule has 17 heavy (non-hydrogen) atoms. The van der Waals surface area contributed by atoms with Crippen LogP contribution in [0.5, 0.6) is 0 Å². The summed E-state index contributed by atoms with van der Waals surface area (Å²) in [5.74, 6) is 0.140. The van der Waals surface area contributed by atoms with Crippen molar-refractivity contribution in [1.29, 1.82) is 0 Å². The summed E-state index contributed by atoms with van der Waals surface area (Å²) in [6.07, 6.45) is 2.58. The smallest absolute Gasteiger partial charge is 0.221 e. The number of benzene rings is 1. The molecule has 1 unspecified atom stereocenters. The molecule has 0 saturated carbocycles. The summed E-state index contributed by atoms with van der Waals surface area (Å²) in [5, 5.41) is 6.35. The van der Waals surface area contributed by atoms with E-state index in [0.717, 1.165) is 25.9 Å². The van der Waals surface area contributed by atoms with Crippen molar-refractivity contribution in [3.8, 4) is 0 Å². The first kappa shape index (κ1) is 12.1. The van der Waals surface area contributed by atoms with Crippen LogP contribution in [0.1, 0.15) is 36.9 Å². The Bertz CT molecular complexity index is 390. The maximum Gasteiger partial charge on any atom is 0.221 e. The van der Waals surface area contributed by atoms with Crippen molar-refractivity contribution >= 4 is 5.91 Å². The van der Waals surface area contributed by atoms with E-state index in [4.69, 9.17) is 0 Å². The van der Waals surface area contributed by atoms with Gasteiger partial charge in [-0.2, -0.15) is 0 Å². The molecule has 3 heteroatoms. The van der Waals surface area contributed by atoms with Crippen molar-refractivity contribution in [2.45, 2.75) is 32.2 Å². The van der Waals surface area contributed by atoms with Crippen molar-refractivity contribution in [2.24, 2.45) is 0 Å². The van der Waals surface area contributed by atoms with Gasteiger partial charge in [0.05, 0.1) is 0 Å². The fourth-order valence-electron chi connectivity index (χ4n) is 2.30. The van der Waals surface area contributed by atoms with Crippen LogP contribution in [-0.2, 0) is 11.2 Å². The van der Waals surface area contributed by atoms with Gasteiger partial charge in [0.15, 0.2) is 0 Å². The van der Waals surface area contributed by atoms with E-state index >= 15 is 0 Å². The van der Waals surface area contributed by atoms with E-state index in [1.165, 1.54) is 11.1 Å². The Balaban J connectivity index is 2.01. The van der Waals surface area contributed by atoms with Gasteiger partial charge in [-0.1, -0.05) is 31.2 Å². The van der Waals surface area contributed by atoms with E-state index in [2.05, 4.69) is 35.8 Å². The molecule has 1 aromatic carbocycles. The number of rotatable bonds is 4. The summed E-state index contributed by atoms with van der Waals surface area (Å²) in [5.41, 5.74) is 2.66. The fraction of sp³-hybridized carbons (Fsp3) is 0.500. The molecular formula is C14H20N2O. The van der Waals surface area contributed by atoms with Crippen LogP contribution in [-0.4, -0.2) is 19.0 Å². The lowest BCUT2D eigenvalue weighted by molar-refractivity contribution is -0.121. The maximum atomic E-state index is 11.7. The molecule has 0 radical (unpaired) electrons. The Hall–Kier alpha value is -1.35. The molecule has 1 aliphatic heterocycles. The first-order valence-electron chi connectivity index (χ1n) is 6.39. The molecule has 0 aromatic heterocycles. The SMILES string of the molecule is CCCNC(=O)CC1NCCc2ccccc21. The molecule has 2 rings (SSSR count). The summed E-state index contributed by atoms with van der Waals surface area (Å²) in [4.78, 5) is 11.7. The minimum absolute atomic E-state index is 0.140. The Morgan fingerprint density at radius 2 is 2.29 bits per heavy atom. The quantitative estimate of drug-likeness (QED) is 0.831. The number of fused-ring (bicyclic) bond motifs is 1. The highest BCUT2D eigenvalue weighted by atomic mass is 16.1. The molecule has 0 saturated heterocycles. The predicted octanol–water partition coefficient (Wildman–Crippen LogP) is 1.79. The predicted molar refractivity (Wildman–Crippen MR) is 68.8 cm³/mol. The molecule has 1 aliphatic rings. The molecule has 2 N–H and O–H groups in total. The molecule has 0 spiro atoms. The Kier molecular flexibility index (Phi) is 4.15. The minimum Gasteiger partial charge on any atom is -0.356 e. The van der Waals surface area contributed by atoms with Crippen LogP contribution in [0.25, 0.3) is 0 Å². The Morgan fingerprint density at radius 3 is 3.12 bits per heavy atom. The van der Waals surface area contributed by atoms with Crippen LogP contribution >= 0.6 is 0 Å². The van der Waals surface area contributed by atoms with Gasteiger partial charge in [-0.25, -0.2) is 0 Å². The van der Waals surface area contributed by atoms with Crippen LogP contribution < -0.4 is 10.6 Å². The molecule has 0 bridgehead atoms. The average molecular weight is 232 g/mol. The van der Waals surface area contributed by atoms with E-state index in [1.54, 1.807) is 0 Å². The van der Waals surface area contributed by atoms with E-state index in [9.17, 15) is 4.79 Å². The van der Waals surface area contributed by atoms with Crippen molar-refractivity contribution in [3.63, 3.8) is 0 Å². The largest absolute Gasteiger partial charge is 0.356 e. The Labute approximate surface area is 103 Å². The Morgan fingerprint density at radius 1 is 1.47 bits per heavy atom. The second kappa shape index (κ2) is 5.82. The van der Waals surface area contributed by atoms with Gasteiger partial charge in [-0.05, 0) is 30.5 Å². The van der Waals surface area contributed by atoms with Crippen molar-refractivity contribution < 1.29 is 4.79 Å². The van der Waals surface area contributed by atoms with Crippen LogP contribution in [0.4, 0.5) is 0 Å². The third-order valence-corrected chi connectivity index (χ3v) is 3.18. The lowest BCUT2D eigenvalue weighted by Gasteiger charge is -2.26. The molecule has 0 fully saturated rings. The van der Waals surface area contributed by atoms with Gasteiger partial charge in [0.1, 0.15) is 0 Å². The molecule has 0 aliphatic carbocycles. The summed E-state index contributed by atoms with van der Waals surface area (Å²) < 4.78 is 0. The van der Waals surface area contributed by atoms with E-state index in [-0.39, 0.29) is 11.9 Å². The topological polar surface area (TPSA) is 41.1 Å². The fourth-order valence-corrected chi connectivity index (χ4v) is 2.30. The summed E-state index contributed by atoms with van der Waals surface area (Å²) >= 11 is 0. The lowest BCUT2D eigenvalue weighted by atomic mass is 9.92. The minimum atomic E-state index is 0.140. The lowest BCUT2D eigenvalue weighted by Crippen LogP contribution is -2.34. The van der Waals surface area contributed by atoms with Crippen LogP contribution in [0.2, 0.25) is 0 Å². The highest BCUT2D eigenvalue weighted by Gasteiger charge is 2.21. The highest BCUT2D eigenvalue weighted by molar-refractivity contribution is 5.76. The first-order valence-corrected chi connectivity index (χ1v) is 6.39. The van der Waals surface area contributed by atoms with E-state index in [0.29, 0.717) is 6.42 Å². The third-order valence-electron chi connectivity index (χ3n) is 3.18. The molecule has 92 valence electrons. The zero-order chi connectivity index (χ0) is 12.1. The van der Waals surface area contributed by atoms with Crippen LogP contribution in [0.3, 0.4) is 0 Å². The number of hydrogen-bond donors (Lipinski definition) is 2. The van der Waals surface area contributed by atoms with Crippen LogP contribution in [0, 0.1) is 0 Å². The van der Waals surface area contributed by atoms with Crippen LogP contribution in [0.15, 0.2) is 24.3 Å². The van der Waals surface area contributed by atoms with Gasteiger partial charge < -0.3 is 10.6 Å². The van der Waals surface area contributed by atoms with Gasteiger partial charge in [-0.3, -0.25) is 4.79 Å². The van der Waals surface area contributed by atoms with Gasteiger partial charge in [0.2, 0.25) is 5.91 Å².